The molecule has 0 bridgehead atoms. The molecule has 23 heavy (non-hydrogen) atoms. The number of guanidine groups is 1. The second kappa shape index (κ2) is 11.9. The van der Waals surface area contributed by atoms with E-state index in [1.807, 2.05) is 0 Å². The molecule has 1 aromatic rings. The number of carbonyl (C=O) groups is 1. The van der Waals surface area contributed by atoms with E-state index < -0.39 is 0 Å². The Balaban J connectivity index is 2.25. The summed E-state index contributed by atoms with van der Waals surface area (Å²) in [5.41, 5.74) is 0. The van der Waals surface area contributed by atoms with Crippen molar-refractivity contribution < 1.29 is 9.53 Å². The third-order valence-electron chi connectivity index (χ3n) is 3.47. The van der Waals surface area contributed by atoms with E-state index in [1.54, 1.807) is 11.3 Å². The lowest BCUT2D eigenvalue weighted by atomic mass is 10.1. The molecular weight excluding hydrogens is 310 g/mol. The van der Waals surface area contributed by atoms with Crippen LogP contribution in [-0.2, 0) is 9.53 Å². The van der Waals surface area contributed by atoms with Gasteiger partial charge in [0.05, 0.1) is 13.7 Å². The molecule has 6 heteroatoms. The van der Waals surface area contributed by atoms with E-state index in [4.69, 9.17) is 0 Å². The number of hydrogen-bond donors (Lipinski definition) is 2. The minimum atomic E-state index is -0.129. The van der Waals surface area contributed by atoms with Crippen LogP contribution in [0.5, 0.6) is 0 Å². The van der Waals surface area contributed by atoms with Gasteiger partial charge in [-0.25, -0.2) is 0 Å². The van der Waals surface area contributed by atoms with Crippen LogP contribution in [0.15, 0.2) is 22.5 Å². The zero-order chi connectivity index (χ0) is 16.9. The number of esters is 1. The molecule has 5 nitrogen and oxygen atoms in total. The van der Waals surface area contributed by atoms with Gasteiger partial charge in [0.2, 0.25) is 0 Å². The van der Waals surface area contributed by atoms with Gasteiger partial charge < -0.3 is 15.4 Å². The molecule has 0 saturated carbocycles. The third-order valence-corrected chi connectivity index (χ3v) is 4.58. The minimum Gasteiger partial charge on any atom is -0.469 e. The molecular formula is C17H29N3O2S. The SMILES string of the molecule is CCNC(=NCC(C)c1cccs1)NCCCCCC(=O)OC. The fourth-order valence-electron chi connectivity index (χ4n) is 2.11. The number of rotatable bonds is 10. The van der Waals surface area contributed by atoms with Crippen molar-refractivity contribution >= 4 is 23.3 Å². The summed E-state index contributed by atoms with van der Waals surface area (Å²) in [4.78, 5) is 17.0. The van der Waals surface area contributed by atoms with E-state index in [1.165, 1.54) is 12.0 Å². The van der Waals surface area contributed by atoms with E-state index in [2.05, 4.69) is 51.7 Å². The molecule has 0 spiro atoms. The molecule has 1 rings (SSSR count). The first-order chi connectivity index (χ1) is 11.2. The van der Waals surface area contributed by atoms with Crippen molar-refractivity contribution in [1.29, 1.82) is 0 Å². The van der Waals surface area contributed by atoms with Crippen LogP contribution < -0.4 is 10.6 Å². The van der Waals surface area contributed by atoms with Crippen molar-refractivity contribution in [3.8, 4) is 0 Å². The van der Waals surface area contributed by atoms with Crippen molar-refractivity contribution in [1.82, 2.24) is 10.6 Å². The van der Waals surface area contributed by atoms with E-state index in [-0.39, 0.29) is 5.97 Å². The van der Waals surface area contributed by atoms with Crippen LogP contribution in [0.25, 0.3) is 0 Å². The Morgan fingerprint density at radius 2 is 2.17 bits per heavy atom. The summed E-state index contributed by atoms with van der Waals surface area (Å²) in [5, 5.41) is 8.72. The molecule has 0 aliphatic heterocycles. The number of carbonyl (C=O) groups excluding carboxylic acids is 1. The molecule has 130 valence electrons. The molecule has 1 aromatic heterocycles. The lowest BCUT2D eigenvalue weighted by Crippen LogP contribution is -2.38. The first-order valence-electron chi connectivity index (χ1n) is 8.29. The highest BCUT2D eigenvalue weighted by molar-refractivity contribution is 7.10. The van der Waals surface area contributed by atoms with Crippen LogP contribution in [0, 0.1) is 0 Å². The molecule has 0 amide bonds. The van der Waals surface area contributed by atoms with Gasteiger partial charge in [0.25, 0.3) is 0 Å². The van der Waals surface area contributed by atoms with Crippen LogP contribution in [0.2, 0.25) is 0 Å². The van der Waals surface area contributed by atoms with E-state index >= 15 is 0 Å². The summed E-state index contributed by atoms with van der Waals surface area (Å²) in [6.07, 6.45) is 3.40. The second-order valence-electron chi connectivity index (χ2n) is 5.45. The average molecular weight is 340 g/mol. The number of hydrogen-bond acceptors (Lipinski definition) is 4. The number of unbranched alkanes of at least 4 members (excludes halogenated alkanes) is 2. The average Bonchev–Trinajstić information content (AvgIpc) is 3.09. The predicted octanol–water partition coefficient (Wildman–Crippen LogP) is 3.14. The van der Waals surface area contributed by atoms with Crippen molar-refractivity contribution in [2.45, 2.75) is 45.4 Å². The summed E-state index contributed by atoms with van der Waals surface area (Å²) < 4.78 is 4.63. The van der Waals surface area contributed by atoms with Gasteiger partial charge in [-0.3, -0.25) is 9.79 Å². The maximum Gasteiger partial charge on any atom is 0.305 e. The molecule has 0 fully saturated rings. The quantitative estimate of drug-likeness (QED) is 0.297. The van der Waals surface area contributed by atoms with E-state index in [0.29, 0.717) is 12.3 Å². The van der Waals surface area contributed by atoms with Gasteiger partial charge in [-0.05, 0) is 31.2 Å². The molecule has 1 atom stereocenters. The number of nitrogens with zero attached hydrogens (tertiary/aromatic N) is 1. The van der Waals surface area contributed by atoms with Crippen molar-refractivity contribution in [2.24, 2.45) is 4.99 Å². The Hall–Kier alpha value is -1.56. The van der Waals surface area contributed by atoms with Crippen LogP contribution in [0.3, 0.4) is 0 Å². The highest BCUT2D eigenvalue weighted by atomic mass is 32.1. The fourth-order valence-corrected chi connectivity index (χ4v) is 2.89. The summed E-state index contributed by atoms with van der Waals surface area (Å²) >= 11 is 1.78. The standard InChI is InChI=1S/C17H29N3O2S/c1-4-18-17(19-11-7-5-6-10-16(21)22-3)20-13-14(2)15-9-8-12-23-15/h8-9,12,14H,4-7,10-11,13H2,1-3H3,(H2,18,19,20). The molecule has 0 saturated heterocycles. The predicted molar refractivity (Wildman–Crippen MR) is 97.2 cm³/mol. The Labute approximate surface area is 143 Å². The monoisotopic (exact) mass is 339 g/mol. The zero-order valence-electron chi connectivity index (χ0n) is 14.4. The summed E-state index contributed by atoms with van der Waals surface area (Å²) in [7, 11) is 1.43. The van der Waals surface area contributed by atoms with E-state index in [9.17, 15) is 4.79 Å². The van der Waals surface area contributed by atoms with Gasteiger partial charge in [0.15, 0.2) is 5.96 Å². The lowest BCUT2D eigenvalue weighted by molar-refractivity contribution is -0.140. The number of ether oxygens (including phenoxy) is 1. The smallest absolute Gasteiger partial charge is 0.305 e. The topological polar surface area (TPSA) is 62.7 Å². The Morgan fingerprint density at radius 1 is 1.35 bits per heavy atom. The number of thiophene rings is 1. The van der Waals surface area contributed by atoms with Gasteiger partial charge in [0.1, 0.15) is 0 Å². The van der Waals surface area contributed by atoms with Crippen LogP contribution in [-0.4, -0.2) is 38.7 Å². The van der Waals surface area contributed by atoms with Gasteiger partial charge >= 0.3 is 5.97 Å². The van der Waals surface area contributed by atoms with Crippen LogP contribution in [0.4, 0.5) is 0 Å². The molecule has 0 aliphatic carbocycles. The maximum absolute atomic E-state index is 11.0. The molecule has 0 aromatic carbocycles. The minimum absolute atomic E-state index is 0.129. The Bertz CT molecular complexity index is 460. The first kappa shape index (κ1) is 19.5. The number of methoxy groups -OCH3 is 1. The van der Waals surface area contributed by atoms with Gasteiger partial charge in [-0.15, -0.1) is 11.3 Å². The fraction of sp³-hybridized carbons (Fsp3) is 0.647. The van der Waals surface area contributed by atoms with Crippen molar-refractivity contribution in [3.05, 3.63) is 22.4 Å². The van der Waals surface area contributed by atoms with Crippen LogP contribution >= 0.6 is 11.3 Å². The Morgan fingerprint density at radius 3 is 2.83 bits per heavy atom. The van der Waals surface area contributed by atoms with E-state index in [0.717, 1.165) is 44.9 Å². The van der Waals surface area contributed by atoms with Gasteiger partial charge in [0, 0.05) is 30.3 Å². The maximum atomic E-state index is 11.0. The highest BCUT2D eigenvalue weighted by Crippen LogP contribution is 2.20. The summed E-state index contributed by atoms with van der Waals surface area (Å²) in [6.45, 7) is 6.75. The van der Waals surface area contributed by atoms with Crippen LogP contribution in [0.1, 0.15) is 50.3 Å². The van der Waals surface area contributed by atoms with Crippen molar-refractivity contribution in [3.63, 3.8) is 0 Å². The normalized spacial score (nSPS) is 12.7. The summed E-state index contributed by atoms with van der Waals surface area (Å²) in [6, 6.07) is 4.24. The molecule has 1 heterocycles. The first-order valence-corrected chi connectivity index (χ1v) is 9.17. The molecule has 0 aliphatic rings. The molecule has 1 unspecified atom stereocenters. The second-order valence-corrected chi connectivity index (χ2v) is 6.43. The van der Waals surface area contributed by atoms with Gasteiger partial charge in [-0.2, -0.15) is 0 Å². The van der Waals surface area contributed by atoms with Gasteiger partial charge in [-0.1, -0.05) is 19.4 Å². The molecule has 2 N–H and O–H groups in total. The number of nitrogens with one attached hydrogen (secondary N) is 2. The summed E-state index contributed by atoms with van der Waals surface area (Å²) in [5.74, 6) is 1.17. The lowest BCUT2D eigenvalue weighted by Gasteiger charge is -2.13. The number of aliphatic imine (C=N–C) groups is 1. The Kier molecular flexibility index (Phi) is 10.1. The van der Waals surface area contributed by atoms with Crippen molar-refractivity contribution in [2.75, 3.05) is 26.7 Å². The largest absolute Gasteiger partial charge is 0.469 e. The zero-order valence-corrected chi connectivity index (χ0v) is 15.2. The highest BCUT2D eigenvalue weighted by Gasteiger charge is 2.06. The third kappa shape index (κ3) is 8.59. The molecule has 0 radical (unpaired) electrons.